The second kappa shape index (κ2) is 21.6. The van der Waals surface area contributed by atoms with E-state index in [9.17, 15) is 5.11 Å². The van der Waals surface area contributed by atoms with Crippen LogP contribution in [0.4, 0.5) is 0 Å². The van der Waals surface area contributed by atoms with Gasteiger partial charge in [-0.25, -0.2) is 0 Å². The third kappa shape index (κ3) is 10.3. The number of hydrogen-bond donors (Lipinski definition) is 1. The van der Waals surface area contributed by atoms with Crippen molar-refractivity contribution in [2.45, 2.75) is 53.4 Å². The van der Waals surface area contributed by atoms with E-state index in [1.54, 1.807) is 6.07 Å². The maximum absolute atomic E-state index is 10.8. The fraction of sp³-hybridized carbons (Fsp3) is 0.127. The number of phenols is 1. The first-order valence-electron chi connectivity index (χ1n) is 23.3. The molecule has 0 saturated carbocycles. The van der Waals surface area contributed by atoms with Crippen molar-refractivity contribution >= 4 is 0 Å². The Hall–Kier alpha value is -7.50. The van der Waals surface area contributed by atoms with Gasteiger partial charge in [-0.3, -0.25) is 15.0 Å². The summed E-state index contributed by atoms with van der Waals surface area (Å²) in [5.41, 5.74) is 19.5. The van der Waals surface area contributed by atoms with Crippen LogP contribution in [0.5, 0.6) is 5.75 Å². The molecule has 0 aliphatic rings. The number of imidazole rings is 1. The number of rotatable bonds is 10. The van der Waals surface area contributed by atoms with E-state index in [0.717, 1.165) is 45.3 Å². The van der Waals surface area contributed by atoms with Crippen LogP contribution in [-0.2, 0) is 20.1 Å². The van der Waals surface area contributed by atoms with Gasteiger partial charge in [0.25, 0.3) is 0 Å². The van der Waals surface area contributed by atoms with Crippen LogP contribution in [0.25, 0.3) is 84.2 Å². The minimum atomic E-state index is 0. The van der Waals surface area contributed by atoms with E-state index in [1.165, 1.54) is 55.6 Å². The molecule has 10 aromatic rings. The molecular formula is C63H54IrN4O-2. The molecule has 6 heteroatoms. The van der Waals surface area contributed by atoms with E-state index < -0.39 is 0 Å². The Morgan fingerprint density at radius 1 is 0.507 bits per heavy atom. The molecule has 0 unspecified atom stereocenters. The molecule has 0 bridgehead atoms. The summed E-state index contributed by atoms with van der Waals surface area (Å²) in [5, 5.41) is 10.8. The average Bonchev–Trinajstić information content (AvgIpc) is 3.83. The first kappa shape index (κ1) is 48.0. The van der Waals surface area contributed by atoms with Crippen molar-refractivity contribution in [1.29, 1.82) is 0 Å². The second-order valence-corrected chi connectivity index (χ2v) is 17.7. The van der Waals surface area contributed by atoms with Crippen LogP contribution in [0, 0.1) is 26.0 Å². The number of benzene rings is 7. The van der Waals surface area contributed by atoms with Gasteiger partial charge >= 0.3 is 0 Å². The van der Waals surface area contributed by atoms with E-state index in [1.807, 2.05) is 97.3 Å². The third-order valence-electron chi connectivity index (χ3n) is 12.5. The standard InChI is InChI=1S/C33H31N2O.C30H23N2.Ir/c1-22(2)28-19-26(24-13-7-5-8-14-24)20-29(23(3)4)32(28)35-21-30(25-15-9-6-10-16-25)34-33(35)27-17-11-12-18-31(27)36;1-21-26(28-12-6-8-18-31-28)20-27(29-13-7-9-19-32-29)22(2)30(21)25-16-14-24(15-17-25)23-10-4-3-5-11-23;/h5-15,17-23,36H,1-4H3;3-19H,1-2H3;/q2*-1;. The van der Waals surface area contributed by atoms with Crippen molar-refractivity contribution in [3.8, 4) is 90.0 Å². The van der Waals surface area contributed by atoms with Gasteiger partial charge in [-0.15, -0.1) is 53.1 Å². The average molecular weight is 1080 g/mol. The smallest absolute Gasteiger partial charge is 0.138 e. The topological polar surface area (TPSA) is 63.8 Å². The third-order valence-corrected chi connectivity index (χ3v) is 12.5. The zero-order chi connectivity index (χ0) is 47.1. The maximum atomic E-state index is 10.8. The van der Waals surface area contributed by atoms with Gasteiger partial charge in [-0.1, -0.05) is 180 Å². The van der Waals surface area contributed by atoms with Crippen molar-refractivity contribution in [2.24, 2.45) is 0 Å². The fourth-order valence-corrected chi connectivity index (χ4v) is 8.99. The molecule has 343 valence electrons. The fourth-order valence-electron chi connectivity index (χ4n) is 8.99. The first-order valence-corrected chi connectivity index (χ1v) is 23.3. The number of nitrogens with zero attached hydrogens (tertiary/aromatic N) is 4. The molecule has 0 spiro atoms. The molecular weight excluding hydrogens is 1020 g/mol. The van der Waals surface area contributed by atoms with Gasteiger partial charge in [0.1, 0.15) is 11.6 Å². The molecule has 10 rings (SSSR count). The normalized spacial score (nSPS) is 11.0. The summed E-state index contributed by atoms with van der Waals surface area (Å²) in [4.78, 5) is 14.3. The monoisotopic (exact) mass is 1080 g/mol. The number of para-hydroxylation sites is 1. The molecule has 0 saturated heterocycles. The minimum absolute atomic E-state index is 0. The molecule has 0 aliphatic heterocycles. The maximum Gasteiger partial charge on any atom is 0.138 e. The molecule has 0 amide bonds. The molecule has 5 nitrogen and oxygen atoms in total. The molecule has 1 radical (unpaired) electrons. The van der Waals surface area contributed by atoms with Crippen molar-refractivity contribution in [3.05, 3.63) is 235 Å². The predicted molar refractivity (Wildman–Crippen MR) is 281 cm³/mol. The largest absolute Gasteiger partial charge is 0.507 e. The predicted octanol–water partition coefficient (Wildman–Crippen LogP) is 16.2. The Morgan fingerprint density at radius 2 is 1.00 bits per heavy atom. The van der Waals surface area contributed by atoms with Gasteiger partial charge in [-0.05, 0) is 93.4 Å². The van der Waals surface area contributed by atoms with Gasteiger partial charge in [0.2, 0.25) is 0 Å². The zero-order valence-corrected chi connectivity index (χ0v) is 42.2. The summed E-state index contributed by atoms with van der Waals surface area (Å²) in [6.07, 6.45) is 5.75. The minimum Gasteiger partial charge on any atom is -0.507 e. The van der Waals surface area contributed by atoms with E-state index in [4.69, 9.17) is 4.98 Å². The van der Waals surface area contributed by atoms with Gasteiger partial charge in [0.05, 0.1) is 11.3 Å². The Balaban J connectivity index is 0.000000185. The Kier molecular flexibility index (Phi) is 15.0. The Labute approximate surface area is 420 Å². The number of pyridine rings is 2. The van der Waals surface area contributed by atoms with Gasteiger partial charge < -0.3 is 9.67 Å². The van der Waals surface area contributed by atoms with Gasteiger partial charge in [-0.2, -0.15) is 0 Å². The zero-order valence-electron chi connectivity index (χ0n) is 39.8. The van der Waals surface area contributed by atoms with Crippen LogP contribution >= 0.6 is 0 Å². The molecule has 0 atom stereocenters. The van der Waals surface area contributed by atoms with E-state index in [2.05, 4.69) is 165 Å². The van der Waals surface area contributed by atoms with E-state index >= 15 is 0 Å². The number of hydrogen-bond acceptors (Lipinski definition) is 4. The Bertz CT molecular complexity index is 3190. The van der Waals surface area contributed by atoms with Gasteiger partial charge in [0, 0.05) is 49.6 Å². The molecule has 1 N–H and O–H groups in total. The van der Waals surface area contributed by atoms with Gasteiger partial charge in [0.15, 0.2) is 0 Å². The Morgan fingerprint density at radius 3 is 1.51 bits per heavy atom. The van der Waals surface area contributed by atoms with Crippen molar-refractivity contribution < 1.29 is 25.2 Å². The quantitative estimate of drug-likeness (QED) is 0.139. The van der Waals surface area contributed by atoms with Crippen molar-refractivity contribution in [2.75, 3.05) is 0 Å². The number of aromatic hydroxyl groups is 1. The van der Waals surface area contributed by atoms with Crippen molar-refractivity contribution in [3.63, 3.8) is 0 Å². The summed E-state index contributed by atoms with van der Waals surface area (Å²) in [6.45, 7) is 13.3. The molecule has 69 heavy (non-hydrogen) atoms. The molecule has 3 heterocycles. The summed E-state index contributed by atoms with van der Waals surface area (Å²) in [6, 6.07) is 68.7. The second-order valence-electron chi connectivity index (χ2n) is 17.7. The van der Waals surface area contributed by atoms with Crippen LogP contribution in [0.1, 0.15) is 61.8 Å². The summed E-state index contributed by atoms with van der Waals surface area (Å²) < 4.78 is 2.17. The summed E-state index contributed by atoms with van der Waals surface area (Å²) >= 11 is 0. The molecule has 0 aliphatic carbocycles. The van der Waals surface area contributed by atoms with E-state index in [-0.39, 0.29) is 37.7 Å². The molecule has 7 aromatic carbocycles. The molecule has 0 fully saturated rings. The van der Waals surface area contributed by atoms with Crippen LogP contribution in [0.15, 0.2) is 201 Å². The van der Waals surface area contributed by atoms with Crippen LogP contribution in [-0.4, -0.2) is 24.6 Å². The van der Waals surface area contributed by atoms with Crippen LogP contribution in [0.3, 0.4) is 0 Å². The molecule has 3 aromatic heterocycles. The van der Waals surface area contributed by atoms with Crippen LogP contribution < -0.4 is 0 Å². The van der Waals surface area contributed by atoms with E-state index in [0.29, 0.717) is 5.56 Å². The summed E-state index contributed by atoms with van der Waals surface area (Å²) in [5.74, 6) is 1.50. The van der Waals surface area contributed by atoms with Crippen LogP contribution in [0.2, 0.25) is 0 Å². The number of aromatic nitrogens is 4. The number of phenolic OH excluding ortho intramolecular Hbond substituents is 1. The SMILES string of the molecule is CC(C)c1cc(-c2ccccc2)cc(C(C)C)c1-n1cc(-c2[c-]cccc2)nc1-c1ccccc1O.Cc1c(-c2ccccn2)[c-]c(-c2ccccn2)c(C)c1-c1ccc(-c2ccccc2)cc1.[Ir]. The summed E-state index contributed by atoms with van der Waals surface area (Å²) in [7, 11) is 0. The first-order chi connectivity index (χ1) is 33.2. The van der Waals surface area contributed by atoms with Crippen molar-refractivity contribution in [1.82, 2.24) is 19.5 Å².